The first kappa shape index (κ1) is 32.7. The van der Waals surface area contributed by atoms with E-state index < -0.39 is 19.8 Å². The normalized spacial score (nSPS) is 19.0. The van der Waals surface area contributed by atoms with Crippen LogP contribution in [0.5, 0.6) is 28.7 Å². The van der Waals surface area contributed by atoms with Crippen LogP contribution in [0.3, 0.4) is 0 Å². The number of hydrogen-bond donors (Lipinski definition) is 1. The number of aliphatic hydroxyl groups excluding tert-OH is 1. The van der Waals surface area contributed by atoms with Crippen molar-refractivity contribution >= 4 is 19.1 Å². The summed E-state index contributed by atoms with van der Waals surface area (Å²) < 4.78 is 32.5. The van der Waals surface area contributed by atoms with Crippen LogP contribution < -0.4 is 23.4 Å². The van der Waals surface area contributed by atoms with Crippen LogP contribution in [0.25, 0.3) is 10.8 Å². The summed E-state index contributed by atoms with van der Waals surface area (Å²) in [5, 5.41) is 13.4. The summed E-state index contributed by atoms with van der Waals surface area (Å²) in [5.74, 6) is 3.26. The molecule has 1 heterocycles. The molecule has 0 saturated carbocycles. The number of methoxy groups -OCH3 is 2. The van der Waals surface area contributed by atoms with E-state index in [2.05, 4.69) is 66.8 Å². The quantitative estimate of drug-likeness (QED) is 0.184. The number of fused-ring (bicyclic) bond motifs is 3. The van der Waals surface area contributed by atoms with Crippen LogP contribution in [-0.2, 0) is 12.0 Å². The van der Waals surface area contributed by atoms with E-state index in [4.69, 9.17) is 23.4 Å². The first-order valence-corrected chi connectivity index (χ1v) is 18.1. The lowest BCUT2D eigenvalue weighted by Crippen LogP contribution is -2.46. The van der Waals surface area contributed by atoms with E-state index in [1.54, 1.807) is 14.2 Å². The van der Waals surface area contributed by atoms with Gasteiger partial charge in [0, 0.05) is 16.5 Å². The van der Waals surface area contributed by atoms with Crippen LogP contribution >= 0.6 is 0 Å². The van der Waals surface area contributed by atoms with Crippen molar-refractivity contribution in [2.75, 3.05) is 14.2 Å². The van der Waals surface area contributed by atoms with Crippen LogP contribution in [0.2, 0.25) is 18.1 Å². The van der Waals surface area contributed by atoms with Crippen molar-refractivity contribution in [3.8, 4) is 28.7 Å². The highest BCUT2D eigenvalue weighted by atomic mass is 28.4. The Labute approximate surface area is 259 Å². The lowest BCUT2D eigenvalue weighted by Gasteiger charge is -2.39. The largest absolute Gasteiger partial charge is 0.543 e. The molecule has 43 heavy (non-hydrogen) atoms. The summed E-state index contributed by atoms with van der Waals surface area (Å²) >= 11 is 0. The van der Waals surface area contributed by atoms with E-state index in [0.717, 1.165) is 38.8 Å². The van der Waals surface area contributed by atoms with Crippen molar-refractivity contribution in [2.24, 2.45) is 0 Å². The minimum atomic E-state index is -2.32. The lowest BCUT2D eigenvalue weighted by molar-refractivity contribution is 0.0396. The first-order valence-electron chi connectivity index (χ1n) is 15.2. The molecule has 7 heteroatoms. The molecule has 1 aliphatic heterocycles. The number of rotatable bonds is 10. The smallest absolute Gasteiger partial charge is 0.250 e. The molecule has 0 fully saturated rings. The maximum absolute atomic E-state index is 11.8. The summed E-state index contributed by atoms with van der Waals surface area (Å²) in [5.41, 5.74) is 3.16. The molecule has 1 aliphatic rings. The highest BCUT2D eigenvalue weighted by molar-refractivity contribution is 6.74. The molecule has 0 amide bonds. The van der Waals surface area contributed by atoms with Gasteiger partial charge in [-0.05, 0) is 70.8 Å². The molecule has 0 radical (unpaired) electrons. The predicted octanol–water partition coefficient (Wildman–Crippen LogP) is 8.88. The number of ether oxygens (including phenoxy) is 4. The third-order valence-corrected chi connectivity index (χ3v) is 13.9. The van der Waals surface area contributed by atoms with Crippen LogP contribution in [0.15, 0.2) is 48.0 Å². The number of allylic oxidation sites excluding steroid dienone is 1. The zero-order chi connectivity index (χ0) is 31.9. The van der Waals surface area contributed by atoms with Crippen LogP contribution in [-0.4, -0.2) is 39.9 Å². The van der Waals surface area contributed by atoms with Gasteiger partial charge in [-0.15, -0.1) is 0 Å². The first-order chi connectivity index (χ1) is 20.1. The number of aliphatic hydroxyl groups is 1. The Kier molecular flexibility index (Phi) is 9.20. The van der Waals surface area contributed by atoms with Gasteiger partial charge in [0.15, 0.2) is 11.5 Å². The molecule has 4 rings (SSSR count). The van der Waals surface area contributed by atoms with Crippen molar-refractivity contribution in [1.82, 2.24) is 0 Å². The van der Waals surface area contributed by atoms with Gasteiger partial charge in [0.1, 0.15) is 30.0 Å². The summed E-state index contributed by atoms with van der Waals surface area (Å²) in [4.78, 5) is 0. The molecule has 6 nitrogen and oxygen atoms in total. The molecule has 3 aromatic rings. The zero-order valence-electron chi connectivity index (χ0n) is 28.1. The van der Waals surface area contributed by atoms with Gasteiger partial charge in [-0.3, -0.25) is 0 Å². The Bertz CT molecular complexity index is 1500. The Morgan fingerprint density at radius 2 is 1.70 bits per heavy atom. The molecule has 0 unspecified atom stereocenters. The minimum Gasteiger partial charge on any atom is -0.543 e. The van der Waals surface area contributed by atoms with Crippen molar-refractivity contribution in [3.63, 3.8) is 0 Å². The average Bonchev–Trinajstić information content (AvgIpc) is 3.21. The van der Waals surface area contributed by atoms with Gasteiger partial charge in [-0.1, -0.05) is 62.8 Å². The maximum Gasteiger partial charge on any atom is 0.250 e. The van der Waals surface area contributed by atoms with E-state index in [-0.39, 0.29) is 11.1 Å². The van der Waals surface area contributed by atoms with Crippen molar-refractivity contribution < 1.29 is 28.5 Å². The second-order valence-corrected chi connectivity index (χ2v) is 18.5. The SMILES string of the molecule is COc1c(C)c(OCc2ccccc2)c2c3c(c(O[Si](C)(C)C(C)(C)C)cc2c1OC)[C@@](C)([C@H](O)CC=C(C)C)[C@@H](C)O3. The van der Waals surface area contributed by atoms with Gasteiger partial charge < -0.3 is 28.5 Å². The monoisotopic (exact) mass is 606 g/mol. The van der Waals surface area contributed by atoms with Crippen molar-refractivity contribution in [1.29, 1.82) is 0 Å². The lowest BCUT2D eigenvalue weighted by atomic mass is 9.72. The predicted molar refractivity (Wildman–Crippen MR) is 178 cm³/mol. The van der Waals surface area contributed by atoms with Gasteiger partial charge in [-0.25, -0.2) is 0 Å². The fourth-order valence-corrected chi connectivity index (χ4v) is 6.67. The Hall–Kier alpha value is -3.16. The van der Waals surface area contributed by atoms with Crippen LogP contribution in [0, 0.1) is 6.92 Å². The second-order valence-electron chi connectivity index (χ2n) is 13.7. The van der Waals surface area contributed by atoms with Crippen LogP contribution in [0.4, 0.5) is 0 Å². The summed E-state index contributed by atoms with van der Waals surface area (Å²) in [6, 6.07) is 12.1. The fourth-order valence-electron chi connectivity index (χ4n) is 5.65. The molecule has 3 aromatic carbocycles. The maximum atomic E-state index is 11.8. The zero-order valence-corrected chi connectivity index (χ0v) is 29.1. The molecule has 0 spiro atoms. The van der Waals surface area contributed by atoms with E-state index >= 15 is 0 Å². The molecule has 0 saturated heterocycles. The minimum absolute atomic E-state index is 0.0456. The van der Waals surface area contributed by atoms with Crippen molar-refractivity contribution in [2.45, 2.75) is 104 Å². The molecule has 0 aliphatic carbocycles. The van der Waals surface area contributed by atoms with Gasteiger partial charge in [0.05, 0.1) is 31.1 Å². The average molecular weight is 607 g/mol. The Morgan fingerprint density at radius 3 is 2.26 bits per heavy atom. The molecular weight excluding hydrogens is 556 g/mol. The van der Waals surface area contributed by atoms with Gasteiger partial charge in [-0.2, -0.15) is 0 Å². The highest BCUT2D eigenvalue weighted by Crippen LogP contribution is 2.59. The highest BCUT2D eigenvalue weighted by Gasteiger charge is 2.52. The van der Waals surface area contributed by atoms with Gasteiger partial charge in [0.2, 0.25) is 8.32 Å². The van der Waals surface area contributed by atoms with E-state index in [0.29, 0.717) is 36.0 Å². The summed E-state index contributed by atoms with van der Waals surface area (Å²) in [6.07, 6.45) is 1.56. The molecule has 3 atom stereocenters. The van der Waals surface area contributed by atoms with E-state index in [1.807, 2.05) is 44.2 Å². The van der Waals surface area contributed by atoms with Crippen LogP contribution in [0.1, 0.15) is 71.6 Å². The fraction of sp³-hybridized carbons (Fsp3) is 0.500. The number of hydrogen-bond acceptors (Lipinski definition) is 6. The second kappa shape index (κ2) is 12.1. The Balaban J connectivity index is 2.10. The van der Waals surface area contributed by atoms with Gasteiger partial charge >= 0.3 is 0 Å². The molecule has 234 valence electrons. The van der Waals surface area contributed by atoms with E-state index in [1.165, 1.54) is 0 Å². The van der Waals surface area contributed by atoms with E-state index in [9.17, 15) is 5.11 Å². The molecule has 1 N–H and O–H groups in total. The topological polar surface area (TPSA) is 66.4 Å². The summed E-state index contributed by atoms with van der Waals surface area (Å²) in [7, 11) is 0.981. The van der Waals surface area contributed by atoms with Crippen molar-refractivity contribution in [3.05, 3.63) is 64.7 Å². The third kappa shape index (κ3) is 5.86. The molecular formula is C36H50O6Si. The summed E-state index contributed by atoms with van der Waals surface area (Å²) in [6.45, 7) is 21.7. The Morgan fingerprint density at radius 1 is 1.07 bits per heavy atom. The standard InChI is InChI=1S/C36H50O6Si/c1-22(2)18-19-28(37)36(8)24(4)41-34-29-26(20-27(30(34)36)42-43(11,12)35(5,6)7)33(39-10)32(38-9)23(3)31(29)40-21-25-16-14-13-15-17-25/h13-18,20,24,28,37H,19,21H2,1-12H3/t24-,28-,36-/m1/s1. The van der Waals surface area contributed by atoms with Gasteiger partial charge in [0.25, 0.3) is 0 Å². The third-order valence-electron chi connectivity index (χ3n) is 9.53. The molecule has 0 bridgehead atoms. The molecule has 0 aromatic heterocycles. The number of benzene rings is 3.